The minimum absolute atomic E-state index is 0. The monoisotopic (exact) mass is 358 g/mol. The maximum Gasteiger partial charge on any atom is 0.218 e. The highest BCUT2D eigenvalue weighted by molar-refractivity contribution is 7.88. The minimum atomic E-state index is -3.49. The molecule has 1 fully saturated rings. The van der Waals surface area contributed by atoms with E-state index in [0.29, 0.717) is 18.7 Å². The third kappa shape index (κ3) is 4.77. The van der Waals surface area contributed by atoms with Crippen LogP contribution in [0.1, 0.15) is 5.56 Å². The lowest BCUT2D eigenvalue weighted by molar-refractivity contribution is 0.00446. The Hall–Kier alpha value is -0.440. The SMILES string of the molecule is Cl.NCC1CN(S(=O)(=O)Cc2ccc(F)c(Cl)c2)CCO1. The fourth-order valence-electron chi connectivity index (χ4n) is 2.02. The van der Waals surface area contributed by atoms with E-state index in [9.17, 15) is 12.8 Å². The number of morpholine rings is 1. The van der Waals surface area contributed by atoms with E-state index in [2.05, 4.69) is 0 Å². The molecule has 1 aromatic carbocycles. The van der Waals surface area contributed by atoms with Gasteiger partial charge in [0, 0.05) is 19.6 Å². The van der Waals surface area contributed by atoms with Gasteiger partial charge in [0.1, 0.15) is 5.82 Å². The molecule has 1 unspecified atom stereocenters. The third-order valence-electron chi connectivity index (χ3n) is 3.09. The molecule has 1 saturated heterocycles. The fourth-order valence-corrected chi connectivity index (χ4v) is 3.75. The Morgan fingerprint density at radius 3 is 2.81 bits per heavy atom. The number of benzene rings is 1. The van der Waals surface area contributed by atoms with E-state index in [1.807, 2.05) is 0 Å². The van der Waals surface area contributed by atoms with Gasteiger partial charge in [0.2, 0.25) is 10.0 Å². The van der Waals surface area contributed by atoms with Gasteiger partial charge in [-0.3, -0.25) is 0 Å². The summed E-state index contributed by atoms with van der Waals surface area (Å²) >= 11 is 5.65. The second-order valence-corrected chi connectivity index (χ2v) is 6.97. The second-order valence-electron chi connectivity index (χ2n) is 4.59. The van der Waals surface area contributed by atoms with Crippen molar-refractivity contribution in [1.29, 1.82) is 0 Å². The number of ether oxygens (including phenoxy) is 1. The van der Waals surface area contributed by atoms with Gasteiger partial charge in [-0.05, 0) is 17.7 Å². The predicted molar refractivity (Wildman–Crippen MR) is 81.6 cm³/mol. The van der Waals surface area contributed by atoms with E-state index >= 15 is 0 Å². The fraction of sp³-hybridized carbons (Fsp3) is 0.500. The van der Waals surface area contributed by atoms with E-state index in [1.165, 1.54) is 16.4 Å². The van der Waals surface area contributed by atoms with Crippen molar-refractivity contribution >= 4 is 34.0 Å². The summed E-state index contributed by atoms with van der Waals surface area (Å²) in [5, 5.41) is -0.0838. The minimum Gasteiger partial charge on any atom is -0.374 e. The van der Waals surface area contributed by atoms with Gasteiger partial charge in [0.25, 0.3) is 0 Å². The van der Waals surface area contributed by atoms with Gasteiger partial charge < -0.3 is 10.5 Å². The second kappa shape index (κ2) is 7.71. The van der Waals surface area contributed by atoms with E-state index in [1.54, 1.807) is 0 Å². The van der Waals surface area contributed by atoms with E-state index in [0.717, 1.165) is 6.07 Å². The van der Waals surface area contributed by atoms with Crippen LogP contribution in [0.2, 0.25) is 5.02 Å². The summed E-state index contributed by atoms with van der Waals surface area (Å²) in [7, 11) is -3.49. The number of halogens is 3. The number of hydrogen-bond acceptors (Lipinski definition) is 4. The van der Waals surface area contributed by atoms with Crippen molar-refractivity contribution in [2.75, 3.05) is 26.2 Å². The van der Waals surface area contributed by atoms with E-state index in [4.69, 9.17) is 22.1 Å². The number of nitrogens with two attached hydrogens (primary N) is 1. The van der Waals surface area contributed by atoms with E-state index in [-0.39, 0.29) is 42.4 Å². The van der Waals surface area contributed by atoms with Gasteiger partial charge in [-0.15, -0.1) is 12.4 Å². The molecule has 21 heavy (non-hydrogen) atoms. The smallest absolute Gasteiger partial charge is 0.218 e. The standard InChI is InChI=1S/C12H16ClFN2O3S.ClH/c13-11-5-9(1-2-12(11)14)8-20(17,18)16-3-4-19-10(6-15)7-16;/h1-2,5,10H,3-4,6-8,15H2;1H. The molecule has 0 aromatic heterocycles. The van der Waals surface area contributed by atoms with Crippen molar-refractivity contribution in [2.24, 2.45) is 5.73 Å². The molecule has 1 aliphatic heterocycles. The van der Waals surface area contributed by atoms with Gasteiger partial charge in [-0.25, -0.2) is 12.8 Å². The van der Waals surface area contributed by atoms with Gasteiger partial charge in [-0.2, -0.15) is 4.31 Å². The van der Waals surface area contributed by atoms with Gasteiger partial charge >= 0.3 is 0 Å². The summed E-state index contributed by atoms with van der Waals surface area (Å²) in [6, 6.07) is 3.91. The summed E-state index contributed by atoms with van der Waals surface area (Å²) in [6.07, 6.45) is -0.282. The lowest BCUT2D eigenvalue weighted by Crippen LogP contribution is -2.48. The summed E-state index contributed by atoms with van der Waals surface area (Å²) < 4.78 is 44.4. The van der Waals surface area contributed by atoms with Crippen LogP contribution in [0.15, 0.2) is 18.2 Å². The first-order valence-corrected chi connectivity index (χ1v) is 8.14. The lowest BCUT2D eigenvalue weighted by atomic mass is 10.2. The number of sulfonamides is 1. The molecule has 1 aromatic rings. The van der Waals surface area contributed by atoms with Crippen molar-refractivity contribution in [1.82, 2.24) is 4.31 Å². The molecule has 120 valence electrons. The van der Waals surface area contributed by atoms with Crippen LogP contribution in [0.25, 0.3) is 0 Å². The number of nitrogens with zero attached hydrogens (tertiary/aromatic N) is 1. The Bertz CT molecular complexity index is 586. The molecule has 1 aliphatic rings. The number of hydrogen-bond donors (Lipinski definition) is 1. The Kier molecular flexibility index (Phi) is 6.83. The van der Waals surface area contributed by atoms with Crippen LogP contribution in [0.5, 0.6) is 0 Å². The lowest BCUT2D eigenvalue weighted by Gasteiger charge is -2.31. The molecule has 5 nitrogen and oxygen atoms in total. The Labute approximate surface area is 134 Å². The Morgan fingerprint density at radius 2 is 2.19 bits per heavy atom. The maximum absolute atomic E-state index is 13.1. The zero-order valence-corrected chi connectivity index (χ0v) is 13.6. The number of rotatable bonds is 4. The Balaban J connectivity index is 0.00000220. The first-order valence-electron chi connectivity index (χ1n) is 6.16. The van der Waals surface area contributed by atoms with Crippen molar-refractivity contribution in [2.45, 2.75) is 11.9 Å². The predicted octanol–water partition coefficient (Wildman–Crippen LogP) is 1.39. The molecule has 2 rings (SSSR count). The molecule has 0 amide bonds. The third-order valence-corrected chi connectivity index (χ3v) is 5.20. The van der Waals surface area contributed by atoms with Crippen molar-refractivity contribution in [3.8, 4) is 0 Å². The molecule has 0 radical (unpaired) electrons. The average molecular weight is 359 g/mol. The highest BCUT2D eigenvalue weighted by Gasteiger charge is 2.29. The zero-order chi connectivity index (χ0) is 14.8. The summed E-state index contributed by atoms with van der Waals surface area (Å²) in [4.78, 5) is 0. The largest absolute Gasteiger partial charge is 0.374 e. The maximum atomic E-state index is 13.1. The molecule has 0 bridgehead atoms. The van der Waals surface area contributed by atoms with Gasteiger partial charge in [-0.1, -0.05) is 17.7 Å². The zero-order valence-electron chi connectivity index (χ0n) is 11.2. The molecular formula is C12H17Cl2FN2O3S. The van der Waals surface area contributed by atoms with Crippen LogP contribution < -0.4 is 5.73 Å². The molecule has 0 aliphatic carbocycles. The molecule has 0 spiro atoms. The first kappa shape index (κ1) is 18.6. The molecule has 9 heteroatoms. The molecule has 0 saturated carbocycles. The van der Waals surface area contributed by atoms with E-state index < -0.39 is 15.8 Å². The molecular weight excluding hydrogens is 342 g/mol. The summed E-state index contributed by atoms with van der Waals surface area (Å²) in [6.45, 7) is 1.14. The van der Waals surface area contributed by atoms with Crippen molar-refractivity contribution < 1.29 is 17.5 Å². The van der Waals surface area contributed by atoms with Crippen LogP contribution in [0, 0.1) is 5.82 Å². The van der Waals surface area contributed by atoms with Crippen molar-refractivity contribution in [3.05, 3.63) is 34.6 Å². The van der Waals surface area contributed by atoms with Crippen molar-refractivity contribution in [3.63, 3.8) is 0 Å². The van der Waals surface area contributed by atoms with Crippen LogP contribution >= 0.6 is 24.0 Å². The summed E-state index contributed by atoms with van der Waals surface area (Å²) in [5.74, 6) is -0.785. The highest BCUT2D eigenvalue weighted by atomic mass is 35.5. The first-order chi connectivity index (χ1) is 9.42. The highest BCUT2D eigenvalue weighted by Crippen LogP contribution is 2.20. The van der Waals surface area contributed by atoms with Gasteiger partial charge in [0.05, 0.1) is 23.5 Å². The average Bonchev–Trinajstić information content (AvgIpc) is 2.43. The van der Waals surface area contributed by atoms with Gasteiger partial charge in [0.15, 0.2) is 0 Å². The van der Waals surface area contributed by atoms with Crippen LogP contribution in [-0.4, -0.2) is 45.1 Å². The molecule has 1 heterocycles. The topological polar surface area (TPSA) is 72.6 Å². The quantitative estimate of drug-likeness (QED) is 0.882. The summed E-state index contributed by atoms with van der Waals surface area (Å²) in [5.41, 5.74) is 5.94. The van der Waals surface area contributed by atoms with Crippen LogP contribution in [0.3, 0.4) is 0 Å². The normalized spacial score (nSPS) is 20.0. The molecule has 2 N–H and O–H groups in total. The van der Waals surface area contributed by atoms with Crippen LogP contribution in [0.4, 0.5) is 4.39 Å². The molecule has 1 atom stereocenters. The van der Waals surface area contributed by atoms with Crippen LogP contribution in [-0.2, 0) is 20.5 Å². The Morgan fingerprint density at radius 1 is 1.48 bits per heavy atom.